The van der Waals surface area contributed by atoms with Crippen molar-refractivity contribution in [2.75, 3.05) is 13.9 Å². The first-order chi connectivity index (χ1) is 15.9. The van der Waals surface area contributed by atoms with Gasteiger partial charge in [-0.25, -0.2) is 8.42 Å². The monoisotopic (exact) mass is 467 g/mol. The van der Waals surface area contributed by atoms with Gasteiger partial charge in [-0.1, -0.05) is 42.5 Å². The van der Waals surface area contributed by atoms with Crippen LogP contribution in [0.4, 0.5) is 0 Å². The van der Waals surface area contributed by atoms with Crippen molar-refractivity contribution in [1.82, 2.24) is 4.31 Å². The molecule has 3 aromatic carbocycles. The summed E-state index contributed by atoms with van der Waals surface area (Å²) in [5.74, 6) is 0.115. The largest absolute Gasteiger partial charge is 0.507 e. The number of nitrogens with zero attached hydrogens (tertiary/aromatic N) is 1. The van der Waals surface area contributed by atoms with E-state index < -0.39 is 28.1 Å². The Bertz CT molecular complexity index is 1320. The van der Waals surface area contributed by atoms with E-state index in [4.69, 9.17) is 14.2 Å². The van der Waals surface area contributed by atoms with Crippen molar-refractivity contribution in [3.8, 4) is 17.2 Å². The second-order valence-corrected chi connectivity index (χ2v) is 9.58. The summed E-state index contributed by atoms with van der Waals surface area (Å²) in [6.45, 7) is 0.0104. The molecule has 0 saturated carbocycles. The number of rotatable bonds is 5. The first-order valence-corrected chi connectivity index (χ1v) is 11.7. The van der Waals surface area contributed by atoms with E-state index in [1.807, 2.05) is 0 Å². The molecule has 0 aromatic heterocycles. The lowest BCUT2D eigenvalue weighted by Crippen LogP contribution is -2.34. The van der Waals surface area contributed by atoms with Gasteiger partial charge in [0.2, 0.25) is 16.8 Å². The summed E-state index contributed by atoms with van der Waals surface area (Å²) in [6, 6.07) is 16.5. The smallest absolute Gasteiger partial charge is 0.307 e. The molecule has 0 fully saturated rings. The molecule has 1 N–H and O–H groups in total. The van der Waals surface area contributed by atoms with Crippen molar-refractivity contribution in [2.45, 2.75) is 23.4 Å². The summed E-state index contributed by atoms with van der Waals surface area (Å²) in [6.07, 6.45) is -0.179. The van der Waals surface area contributed by atoms with E-state index in [0.717, 1.165) is 0 Å². The van der Waals surface area contributed by atoms with Crippen LogP contribution in [0.2, 0.25) is 0 Å². The first kappa shape index (κ1) is 21.3. The van der Waals surface area contributed by atoms with E-state index in [0.29, 0.717) is 28.2 Å². The van der Waals surface area contributed by atoms with Crippen LogP contribution in [-0.2, 0) is 19.6 Å². The molecule has 0 bridgehead atoms. The number of sulfonamides is 1. The molecule has 33 heavy (non-hydrogen) atoms. The number of hydrogen-bond donors (Lipinski definition) is 1. The molecule has 8 nitrogen and oxygen atoms in total. The number of methoxy groups -OCH3 is 1. The molecule has 0 saturated heterocycles. The number of phenolic OH excluding ortho intramolecular Hbond substituents is 1. The number of hydrogen-bond acceptors (Lipinski definition) is 7. The van der Waals surface area contributed by atoms with Gasteiger partial charge in [-0.2, -0.15) is 4.31 Å². The van der Waals surface area contributed by atoms with E-state index in [1.54, 1.807) is 48.5 Å². The molecule has 2 aliphatic rings. The van der Waals surface area contributed by atoms with Gasteiger partial charge in [0.1, 0.15) is 5.75 Å². The molecule has 170 valence electrons. The lowest BCUT2D eigenvalue weighted by Gasteiger charge is -2.30. The number of fused-ring (bicyclic) bond motifs is 2. The van der Waals surface area contributed by atoms with Gasteiger partial charge in [-0.15, -0.1) is 0 Å². The van der Waals surface area contributed by atoms with Crippen molar-refractivity contribution >= 4 is 16.0 Å². The predicted octanol–water partition coefficient (Wildman–Crippen LogP) is 3.52. The van der Waals surface area contributed by atoms with Crippen LogP contribution >= 0.6 is 0 Å². The van der Waals surface area contributed by atoms with Crippen LogP contribution in [0.15, 0.2) is 71.6 Å². The van der Waals surface area contributed by atoms with E-state index in [1.165, 1.54) is 29.6 Å². The third-order valence-corrected chi connectivity index (χ3v) is 7.82. The Labute approximate surface area is 191 Å². The van der Waals surface area contributed by atoms with E-state index in [9.17, 15) is 18.3 Å². The topological polar surface area (TPSA) is 102 Å². The predicted molar refractivity (Wildman–Crippen MR) is 117 cm³/mol. The zero-order valence-electron chi connectivity index (χ0n) is 17.7. The molecular weight excluding hydrogens is 446 g/mol. The molecule has 0 unspecified atom stereocenters. The van der Waals surface area contributed by atoms with E-state index >= 15 is 0 Å². The lowest BCUT2D eigenvalue weighted by molar-refractivity contribution is -0.141. The van der Waals surface area contributed by atoms with Gasteiger partial charge in [-0.05, 0) is 29.3 Å². The normalized spacial score (nSPS) is 19.3. The van der Waals surface area contributed by atoms with Crippen molar-refractivity contribution in [2.24, 2.45) is 0 Å². The average Bonchev–Trinajstić information content (AvgIpc) is 3.41. The number of aromatic hydroxyl groups is 1. The Hall–Kier alpha value is -3.56. The Kier molecular flexibility index (Phi) is 5.22. The summed E-state index contributed by atoms with van der Waals surface area (Å²) < 4.78 is 44.9. The van der Waals surface area contributed by atoms with Gasteiger partial charge < -0.3 is 19.3 Å². The molecule has 0 spiro atoms. The number of benzene rings is 3. The summed E-state index contributed by atoms with van der Waals surface area (Å²) in [5, 5.41) is 10.9. The molecule has 2 aliphatic heterocycles. The van der Waals surface area contributed by atoms with Gasteiger partial charge in [0.15, 0.2) is 11.5 Å². The second-order valence-electron chi connectivity index (χ2n) is 7.74. The number of ether oxygens (including phenoxy) is 3. The first-order valence-electron chi connectivity index (χ1n) is 10.3. The van der Waals surface area contributed by atoms with Crippen LogP contribution < -0.4 is 9.47 Å². The Morgan fingerprint density at radius 1 is 1.00 bits per heavy atom. The highest BCUT2D eigenvalue weighted by Crippen LogP contribution is 2.53. The minimum atomic E-state index is -4.10. The average molecular weight is 467 g/mol. The van der Waals surface area contributed by atoms with Gasteiger partial charge in [-0.3, -0.25) is 4.79 Å². The maximum atomic E-state index is 13.9. The van der Waals surface area contributed by atoms with E-state index in [2.05, 4.69) is 0 Å². The molecule has 2 atom stereocenters. The standard InChI is InChI=1S/C24H21NO7S/c1-30-23(27)12-19-16-9-5-6-10-17(16)24(18-11-21-22(13-20(18)26)32-14-31-21)25(19)33(28,29)15-7-3-2-4-8-15/h2-11,13,19,24,26H,12,14H2,1H3/t19-,24-/m0/s1. The van der Waals surface area contributed by atoms with Crippen molar-refractivity contribution in [3.05, 3.63) is 83.4 Å². The van der Waals surface area contributed by atoms with Gasteiger partial charge in [0, 0.05) is 11.6 Å². The minimum absolute atomic E-state index is 0.0104. The maximum absolute atomic E-state index is 13.9. The molecule has 9 heteroatoms. The fourth-order valence-corrected chi connectivity index (χ4v) is 6.22. The Morgan fingerprint density at radius 3 is 2.33 bits per heavy atom. The zero-order chi connectivity index (χ0) is 23.2. The van der Waals surface area contributed by atoms with Crippen molar-refractivity contribution < 1.29 is 32.5 Å². The van der Waals surface area contributed by atoms with Crippen LogP contribution in [0.3, 0.4) is 0 Å². The van der Waals surface area contributed by atoms with Gasteiger partial charge in [0.05, 0.1) is 30.5 Å². The lowest BCUT2D eigenvalue weighted by atomic mass is 9.96. The third kappa shape index (κ3) is 3.49. The SMILES string of the molecule is COC(=O)C[C@H]1c2ccccc2[C@@H](c2cc3c(cc2O)OCO3)N1S(=O)(=O)c1ccccc1. The van der Waals surface area contributed by atoms with Crippen molar-refractivity contribution in [1.29, 1.82) is 0 Å². The summed E-state index contributed by atoms with van der Waals surface area (Å²) in [4.78, 5) is 12.4. The summed E-state index contributed by atoms with van der Waals surface area (Å²) in [5.41, 5.74) is 1.67. The molecule has 2 heterocycles. The van der Waals surface area contributed by atoms with Crippen LogP contribution in [0.25, 0.3) is 0 Å². The molecular formula is C24H21NO7S. The highest BCUT2D eigenvalue weighted by Gasteiger charge is 2.48. The zero-order valence-corrected chi connectivity index (χ0v) is 18.5. The molecule has 0 amide bonds. The van der Waals surface area contributed by atoms with Crippen molar-refractivity contribution in [3.63, 3.8) is 0 Å². The quantitative estimate of drug-likeness (QED) is 0.573. The Morgan fingerprint density at radius 2 is 1.64 bits per heavy atom. The third-order valence-electron chi connectivity index (χ3n) is 5.93. The number of carbonyl (C=O) groups excluding carboxylic acids is 1. The minimum Gasteiger partial charge on any atom is -0.507 e. The highest BCUT2D eigenvalue weighted by atomic mass is 32.2. The molecule has 0 aliphatic carbocycles. The van der Waals surface area contributed by atoms with Crippen LogP contribution in [0.5, 0.6) is 17.2 Å². The fourth-order valence-electron chi connectivity index (χ4n) is 4.45. The van der Waals surface area contributed by atoms with Crippen LogP contribution in [-0.4, -0.2) is 37.7 Å². The number of carbonyl (C=O) groups is 1. The number of phenols is 1. The summed E-state index contributed by atoms with van der Waals surface area (Å²) >= 11 is 0. The Balaban J connectivity index is 1.74. The van der Waals surface area contributed by atoms with E-state index in [-0.39, 0.29) is 23.9 Å². The highest BCUT2D eigenvalue weighted by molar-refractivity contribution is 7.89. The fraction of sp³-hybridized carbons (Fsp3) is 0.208. The molecule has 0 radical (unpaired) electrons. The van der Waals surface area contributed by atoms with Gasteiger partial charge >= 0.3 is 5.97 Å². The van der Waals surface area contributed by atoms with Gasteiger partial charge in [0.25, 0.3) is 0 Å². The maximum Gasteiger partial charge on any atom is 0.307 e. The number of esters is 1. The van der Waals surface area contributed by atoms with Crippen LogP contribution in [0, 0.1) is 0 Å². The molecule has 3 aromatic rings. The van der Waals surface area contributed by atoms with Crippen LogP contribution in [0.1, 0.15) is 35.2 Å². The molecule has 5 rings (SSSR count). The summed E-state index contributed by atoms with van der Waals surface area (Å²) in [7, 11) is -2.83. The second kappa shape index (κ2) is 8.09.